The van der Waals surface area contributed by atoms with E-state index in [-0.39, 0.29) is 11.9 Å². The Hall–Kier alpha value is -6.68. The predicted molar refractivity (Wildman–Crippen MR) is 269 cm³/mol. The lowest BCUT2D eigenvalue weighted by molar-refractivity contribution is 0.0239. The van der Waals surface area contributed by atoms with Crippen LogP contribution in [0.15, 0.2) is 121 Å². The zero-order valence-electron chi connectivity index (χ0n) is 40.5. The van der Waals surface area contributed by atoms with E-state index in [0.29, 0.717) is 11.4 Å². The van der Waals surface area contributed by atoms with Crippen molar-refractivity contribution in [3.63, 3.8) is 0 Å². The summed E-state index contributed by atoms with van der Waals surface area (Å²) in [5.74, 6) is -0.764. The van der Waals surface area contributed by atoms with Gasteiger partial charge in [0.05, 0.1) is 0 Å². The van der Waals surface area contributed by atoms with Crippen LogP contribution in [-0.4, -0.2) is 74.3 Å². The highest BCUT2D eigenvalue weighted by molar-refractivity contribution is 5.95. The van der Waals surface area contributed by atoms with E-state index in [1.807, 2.05) is 32.0 Å². The van der Waals surface area contributed by atoms with Gasteiger partial charge in [0.15, 0.2) is 22.6 Å². The number of nitrogens with zero attached hydrogens (tertiary/aromatic N) is 6. The van der Waals surface area contributed by atoms with Crippen molar-refractivity contribution in [1.29, 1.82) is 0 Å². The number of rotatable bonds is 16. The van der Waals surface area contributed by atoms with Gasteiger partial charge in [-0.2, -0.15) is 0 Å². The first-order chi connectivity index (χ1) is 32.0. The van der Waals surface area contributed by atoms with Crippen molar-refractivity contribution in [2.24, 2.45) is 0 Å². The number of cyclic esters (lactones) is 2. The number of aryl methyl sites for hydroxylation is 2. The first-order valence-electron chi connectivity index (χ1n) is 23.8. The summed E-state index contributed by atoms with van der Waals surface area (Å²) in [6.45, 7) is 28.6. The molecule has 8 rings (SSSR count). The summed E-state index contributed by atoms with van der Waals surface area (Å²) in [5.41, 5.74) is 10.5. The number of benzene rings is 4. The highest BCUT2D eigenvalue weighted by Gasteiger charge is 2.51. The van der Waals surface area contributed by atoms with E-state index >= 15 is 0 Å². The van der Waals surface area contributed by atoms with Crippen LogP contribution in [0.25, 0.3) is 0 Å². The zero-order chi connectivity index (χ0) is 47.2. The van der Waals surface area contributed by atoms with Crippen LogP contribution >= 0.6 is 0 Å². The average molecular weight is 887 g/mol. The van der Waals surface area contributed by atoms with Crippen LogP contribution in [-0.2, 0) is 20.7 Å². The van der Waals surface area contributed by atoms with Crippen molar-refractivity contribution >= 4 is 34.7 Å². The number of pyridine rings is 2. The molecule has 0 unspecified atom stereocenters. The molecule has 0 saturated heterocycles. The Kier molecular flexibility index (Phi) is 14.5. The third-order valence-corrected chi connectivity index (χ3v) is 13.3. The zero-order valence-corrected chi connectivity index (χ0v) is 40.5. The van der Waals surface area contributed by atoms with Crippen LogP contribution in [0.4, 0.5) is 22.7 Å². The number of carbonyl (C=O) groups is 2. The number of anilines is 4. The second kappa shape index (κ2) is 20.2. The van der Waals surface area contributed by atoms with Crippen molar-refractivity contribution in [3.8, 4) is 0 Å². The van der Waals surface area contributed by atoms with Crippen LogP contribution in [0.1, 0.15) is 121 Å². The molecule has 2 aliphatic heterocycles. The van der Waals surface area contributed by atoms with E-state index in [0.717, 1.165) is 120 Å². The normalized spacial score (nSPS) is 14.0. The maximum absolute atomic E-state index is 13.0. The Labute approximate surface area is 392 Å². The summed E-state index contributed by atoms with van der Waals surface area (Å²) in [6.07, 6.45) is 1.73. The molecule has 0 saturated carbocycles. The third kappa shape index (κ3) is 8.61. The van der Waals surface area contributed by atoms with Gasteiger partial charge < -0.3 is 29.1 Å². The number of carbonyl (C=O) groups excluding carboxylic acids is 2. The summed E-state index contributed by atoms with van der Waals surface area (Å²) in [6, 6.07) is 39.5. The van der Waals surface area contributed by atoms with Gasteiger partial charge in [-0.1, -0.05) is 54.6 Å². The van der Waals surface area contributed by atoms with Crippen molar-refractivity contribution in [2.75, 3.05) is 72.0 Å². The molecule has 4 heterocycles. The number of ether oxygens (including phenoxy) is 2. The fraction of sp³-hybridized carbons (Fsp3) is 0.357. The highest BCUT2D eigenvalue weighted by atomic mass is 16.6. The van der Waals surface area contributed by atoms with Crippen molar-refractivity contribution in [2.45, 2.75) is 80.4 Å². The molecule has 0 radical (unpaired) electrons. The standard InChI is InChI=1S/2C28H33N3O2/c1-6-30(7-2)23-15-11-21(12-16-23)28(22-13-17-24(18-14-22)31(8-3)9-4)25-19-10-20(5)29-26(25)27(32)33-28;1-6-30(7-2)23-14-10-21(11-15-23)28(22-12-16-24(17-13-22)31(8-3)9-4)25-18-20(5)19-29-26(25)27(32)33-28/h2*10-19H,6-9H2,1-5H3. The SMILES string of the molecule is CCN(CC)c1ccc(C2(c3ccc(N(CC)CC)cc3)OC(=O)c3nc(C)ccc32)cc1.CCN(CC)c1ccc(C2(c3ccc(N(CC)CC)cc3)OC(=O)c3ncc(C)cc32)cc1. The summed E-state index contributed by atoms with van der Waals surface area (Å²) >= 11 is 0. The van der Waals surface area contributed by atoms with E-state index in [9.17, 15) is 9.59 Å². The van der Waals surface area contributed by atoms with E-state index in [1.54, 1.807) is 6.20 Å². The maximum Gasteiger partial charge on any atom is 0.358 e. The monoisotopic (exact) mass is 887 g/mol. The summed E-state index contributed by atoms with van der Waals surface area (Å²) in [5, 5.41) is 0. The molecule has 2 aromatic heterocycles. The molecule has 344 valence electrons. The molecule has 66 heavy (non-hydrogen) atoms. The van der Waals surface area contributed by atoms with E-state index in [1.165, 1.54) is 0 Å². The van der Waals surface area contributed by atoms with Gasteiger partial charge in [0.25, 0.3) is 0 Å². The van der Waals surface area contributed by atoms with Crippen LogP contribution in [0.5, 0.6) is 0 Å². The Bertz CT molecular complexity index is 2480. The highest BCUT2D eigenvalue weighted by Crippen LogP contribution is 2.49. The van der Waals surface area contributed by atoms with E-state index in [4.69, 9.17) is 9.47 Å². The molecule has 0 spiro atoms. The van der Waals surface area contributed by atoms with Crippen LogP contribution < -0.4 is 19.6 Å². The van der Waals surface area contributed by atoms with Gasteiger partial charge in [-0.3, -0.25) is 0 Å². The number of hydrogen-bond acceptors (Lipinski definition) is 10. The molecule has 0 bridgehead atoms. The average Bonchev–Trinajstić information content (AvgIpc) is 3.81. The molecule has 10 nitrogen and oxygen atoms in total. The Balaban J connectivity index is 0.000000196. The molecule has 0 amide bonds. The molecule has 10 heteroatoms. The van der Waals surface area contributed by atoms with Gasteiger partial charge in [0.1, 0.15) is 0 Å². The molecule has 4 aromatic carbocycles. The second-order valence-electron chi connectivity index (χ2n) is 16.8. The second-order valence-corrected chi connectivity index (χ2v) is 16.8. The van der Waals surface area contributed by atoms with Crippen LogP contribution in [0.2, 0.25) is 0 Å². The van der Waals surface area contributed by atoms with E-state index < -0.39 is 11.2 Å². The first-order valence-corrected chi connectivity index (χ1v) is 23.8. The summed E-state index contributed by atoms with van der Waals surface area (Å²) < 4.78 is 12.4. The number of hydrogen-bond donors (Lipinski definition) is 0. The minimum absolute atomic E-state index is 0.380. The van der Waals surface area contributed by atoms with Gasteiger partial charge in [0, 0.05) is 120 Å². The quantitative estimate of drug-likeness (QED) is 0.0875. The largest absolute Gasteiger partial charge is 0.439 e. The van der Waals surface area contributed by atoms with Gasteiger partial charge in [-0.05, 0) is 135 Å². The van der Waals surface area contributed by atoms with Gasteiger partial charge in [-0.15, -0.1) is 0 Å². The third-order valence-electron chi connectivity index (χ3n) is 13.3. The summed E-state index contributed by atoms with van der Waals surface area (Å²) in [4.78, 5) is 44.2. The molecule has 0 fully saturated rings. The maximum atomic E-state index is 13.0. The van der Waals surface area contributed by atoms with Gasteiger partial charge in [0.2, 0.25) is 0 Å². The van der Waals surface area contributed by atoms with Crippen molar-refractivity contribution in [3.05, 3.63) is 177 Å². The van der Waals surface area contributed by atoms with Gasteiger partial charge in [-0.25, -0.2) is 19.6 Å². The molecule has 6 aromatic rings. The molecular formula is C56H66N6O4. The molecule has 0 aliphatic carbocycles. The fourth-order valence-corrected chi connectivity index (χ4v) is 9.66. The molecular weight excluding hydrogens is 821 g/mol. The smallest absolute Gasteiger partial charge is 0.358 e. The lowest BCUT2D eigenvalue weighted by Gasteiger charge is -2.31. The van der Waals surface area contributed by atoms with Gasteiger partial charge >= 0.3 is 11.9 Å². The number of fused-ring (bicyclic) bond motifs is 2. The lowest BCUT2D eigenvalue weighted by atomic mass is 9.80. The van der Waals surface area contributed by atoms with E-state index in [2.05, 4.69) is 182 Å². The minimum atomic E-state index is -1.02. The Morgan fingerprint density at radius 2 is 0.742 bits per heavy atom. The predicted octanol–water partition coefficient (Wildman–Crippen LogP) is 11.1. The Morgan fingerprint density at radius 1 is 0.424 bits per heavy atom. The number of esters is 2. The van der Waals surface area contributed by atoms with Crippen molar-refractivity contribution < 1.29 is 19.1 Å². The first kappa shape index (κ1) is 47.3. The Morgan fingerprint density at radius 3 is 1.08 bits per heavy atom. The fourth-order valence-electron chi connectivity index (χ4n) is 9.66. The lowest BCUT2D eigenvalue weighted by Crippen LogP contribution is -2.30. The molecule has 2 aliphatic rings. The topological polar surface area (TPSA) is 91.3 Å². The van der Waals surface area contributed by atoms with Crippen LogP contribution in [0.3, 0.4) is 0 Å². The summed E-state index contributed by atoms with van der Waals surface area (Å²) in [7, 11) is 0. The van der Waals surface area contributed by atoms with Crippen molar-refractivity contribution in [1.82, 2.24) is 9.97 Å². The van der Waals surface area contributed by atoms with Crippen LogP contribution in [0, 0.1) is 13.8 Å². The molecule has 0 N–H and O–H groups in total. The molecule has 0 atom stereocenters. The minimum Gasteiger partial charge on any atom is -0.439 e. The number of aromatic nitrogens is 2.